The van der Waals surface area contributed by atoms with Crippen molar-refractivity contribution in [3.63, 3.8) is 0 Å². The van der Waals surface area contributed by atoms with Gasteiger partial charge in [-0.3, -0.25) is 9.69 Å². The van der Waals surface area contributed by atoms with Crippen LogP contribution in [0.1, 0.15) is 18.4 Å². The van der Waals surface area contributed by atoms with Crippen LogP contribution >= 0.6 is 0 Å². The quantitative estimate of drug-likeness (QED) is 0.743. The number of nitrogens with one attached hydrogen (secondary N) is 1. The minimum atomic E-state index is -3.69. The first kappa shape index (κ1) is 22.0. The number of carbonyl (C=O) groups excluding carboxylic acids is 1. The van der Waals surface area contributed by atoms with Crippen LogP contribution < -0.4 is 5.32 Å². The molecule has 0 unspecified atom stereocenters. The molecule has 31 heavy (non-hydrogen) atoms. The number of sulfonamides is 1. The summed E-state index contributed by atoms with van der Waals surface area (Å²) in [5.41, 5.74) is 1.90. The SMILES string of the molecule is CN1CCN(Cc2ccc(NC(=O)[C@H]3CCCN3S(=O)(=O)c3ccccc3)cc2)CC1. The third-order valence-corrected chi connectivity index (χ3v) is 8.00. The summed E-state index contributed by atoms with van der Waals surface area (Å²) in [7, 11) is -1.54. The summed E-state index contributed by atoms with van der Waals surface area (Å²) < 4.78 is 27.3. The largest absolute Gasteiger partial charge is 0.325 e. The van der Waals surface area contributed by atoms with Gasteiger partial charge in [0.2, 0.25) is 15.9 Å². The standard InChI is InChI=1S/C23H30N4O3S/c1-25-14-16-26(17-15-25)18-19-9-11-20(12-10-19)24-23(28)22-8-5-13-27(22)31(29,30)21-6-3-2-4-7-21/h2-4,6-7,9-12,22H,5,8,13-18H2,1H3,(H,24,28)/t22-/m1/s1. The van der Waals surface area contributed by atoms with E-state index in [4.69, 9.17) is 0 Å². The van der Waals surface area contributed by atoms with Gasteiger partial charge in [-0.1, -0.05) is 30.3 Å². The van der Waals surface area contributed by atoms with Crippen LogP contribution in [0, 0.1) is 0 Å². The second-order valence-corrected chi connectivity index (χ2v) is 10.2. The summed E-state index contributed by atoms with van der Waals surface area (Å²) >= 11 is 0. The van der Waals surface area contributed by atoms with E-state index in [0.29, 0.717) is 25.1 Å². The van der Waals surface area contributed by atoms with Crippen molar-refractivity contribution in [2.75, 3.05) is 45.1 Å². The third kappa shape index (κ3) is 5.15. The van der Waals surface area contributed by atoms with Gasteiger partial charge in [0, 0.05) is 45.0 Å². The average Bonchev–Trinajstić information content (AvgIpc) is 3.28. The fraction of sp³-hybridized carbons (Fsp3) is 0.435. The topological polar surface area (TPSA) is 73.0 Å². The van der Waals surface area contributed by atoms with Crippen molar-refractivity contribution in [3.8, 4) is 0 Å². The molecule has 0 bridgehead atoms. The van der Waals surface area contributed by atoms with Gasteiger partial charge in [0.1, 0.15) is 6.04 Å². The highest BCUT2D eigenvalue weighted by Crippen LogP contribution is 2.27. The molecule has 1 N–H and O–H groups in total. The second-order valence-electron chi connectivity index (χ2n) is 8.35. The van der Waals surface area contributed by atoms with Gasteiger partial charge in [-0.15, -0.1) is 0 Å². The van der Waals surface area contributed by atoms with Crippen LogP contribution in [-0.2, 0) is 21.4 Å². The number of anilines is 1. The molecule has 1 atom stereocenters. The average molecular weight is 443 g/mol. The number of benzene rings is 2. The first-order valence-electron chi connectivity index (χ1n) is 10.8. The summed E-state index contributed by atoms with van der Waals surface area (Å²) in [6.45, 7) is 5.54. The van der Waals surface area contributed by atoms with E-state index in [1.807, 2.05) is 24.3 Å². The van der Waals surface area contributed by atoms with Gasteiger partial charge in [0.25, 0.3) is 0 Å². The summed E-state index contributed by atoms with van der Waals surface area (Å²) in [6, 6.07) is 15.5. The number of piperazine rings is 1. The maximum absolute atomic E-state index is 13.0. The molecule has 0 saturated carbocycles. The van der Waals surface area contributed by atoms with Crippen LogP contribution in [-0.4, -0.2) is 74.2 Å². The number of likely N-dealkylation sites (N-methyl/N-ethyl adjacent to an activating group) is 1. The molecule has 0 radical (unpaired) electrons. The molecule has 166 valence electrons. The Kier molecular flexibility index (Phi) is 6.71. The lowest BCUT2D eigenvalue weighted by molar-refractivity contribution is -0.119. The Labute approximate surface area is 184 Å². The van der Waals surface area contributed by atoms with Crippen molar-refractivity contribution >= 4 is 21.6 Å². The van der Waals surface area contributed by atoms with E-state index in [1.54, 1.807) is 30.3 Å². The maximum atomic E-state index is 13.0. The van der Waals surface area contributed by atoms with Crippen molar-refractivity contribution in [3.05, 3.63) is 60.2 Å². The molecular weight excluding hydrogens is 412 g/mol. The molecule has 2 aromatic rings. The van der Waals surface area contributed by atoms with Crippen LogP contribution in [0.25, 0.3) is 0 Å². The molecule has 8 heteroatoms. The Morgan fingerprint density at radius 3 is 2.32 bits per heavy atom. The van der Waals surface area contributed by atoms with Crippen LogP contribution in [0.3, 0.4) is 0 Å². The summed E-state index contributed by atoms with van der Waals surface area (Å²) in [4.78, 5) is 17.9. The Morgan fingerprint density at radius 1 is 0.968 bits per heavy atom. The van der Waals surface area contributed by atoms with Crippen molar-refractivity contribution in [2.24, 2.45) is 0 Å². The van der Waals surface area contributed by atoms with Crippen molar-refractivity contribution in [2.45, 2.75) is 30.3 Å². The molecule has 0 spiro atoms. The fourth-order valence-corrected chi connectivity index (χ4v) is 5.88. The van der Waals surface area contributed by atoms with Crippen LogP contribution in [0.15, 0.2) is 59.5 Å². The molecule has 2 aliphatic rings. The molecule has 2 heterocycles. The van der Waals surface area contributed by atoms with Gasteiger partial charge in [0.15, 0.2) is 0 Å². The molecule has 0 aromatic heterocycles. The first-order valence-corrected chi connectivity index (χ1v) is 12.2. The zero-order chi connectivity index (χ0) is 21.8. The zero-order valence-electron chi connectivity index (χ0n) is 17.9. The van der Waals surface area contributed by atoms with Gasteiger partial charge in [-0.05, 0) is 49.7 Å². The van der Waals surface area contributed by atoms with Crippen LogP contribution in [0.2, 0.25) is 0 Å². The van der Waals surface area contributed by atoms with E-state index in [2.05, 4.69) is 22.2 Å². The van der Waals surface area contributed by atoms with E-state index in [-0.39, 0.29) is 10.8 Å². The predicted molar refractivity (Wildman–Crippen MR) is 121 cm³/mol. The molecule has 4 rings (SSSR count). The molecular formula is C23H30N4O3S. The van der Waals surface area contributed by atoms with Crippen molar-refractivity contribution in [1.82, 2.24) is 14.1 Å². The van der Waals surface area contributed by atoms with E-state index < -0.39 is 16.1 Å². The van der Waals surface area contributed by atoms with E-state index >= 15 is 0 Å². The van der Waals surface area contributed by atoms with Crippen LogP contribution in [0.4, 0.5) is 5.69 Å². The molecule has 0 aliphatic carbocycles. The van der Waals surface area contributed by atoms with Gasteiger partial charge >= 0.3 is 0 Å². The second kappa shape index (κ2) is 9.48. The summed E-state index contributed by atoms with van der Waals surface area (Å²) in [5.74, 6) is -0.274. The fourth-order valence-electron chi connectivity index (χ4n) is 4.20. The number of amides is 1. The zero-order valence-corrected chi connectivity index (χ0v) is 18.7. The molecule has 2 saturated heterocycles. The molecule has 7 nitrogen and oxygen atoms in total. The van der Waals surface area contributed by atoms with E-state index in [9.17, 15) is 13.2 Å². The Balaban J connectivity index is 1.38. The van der Waals surface area contributed by atoms with E-state index in [1.165, 1.54) is 9.87 Å². The maximum Gasteiger partial charge on any atom is 0.243 e. The summed E-state index contributed by atoms with van der Waals surface area (Å²) in [5, 5.41) is 2.91. The number of hydrogen-bond donors (Lipinski definition) is 1. The van der Waals surface area contributed by atoms with Crippen molar-refractivity contribution < 1.29 is 13.2 Å². The lowest BCUT2D eigenvalue weighted by atomic mass is 10.1. The minimum absolute atomic E-state index is 0.225. The Hall–Kier alpha value is -2.26. The lowest BCUT2D eigenvalue weighted by Gasteiger charge is -2.32. The number of nitrogens with zero attached hydrogens (tertiary/aromatic N) is 3. The summed E-state index contributed by atoms with van der Waals surface area (Å²) in [6.07, 6.45) is 1.20. The molecule has 2 fully saturated rings. The number of rotatable bonds is 6. The highest BCUT2D eigenvalue weighted by Gasteiger charge is 2.39. The monoisotopic (exact) mass is 442 g/mol. The van der Waals surface area contributed by atoms with Crippen molar-refractivity contribution in [1.29, 1.82) is 0 Å². The van der Waals surface area contributed by atoms with E-state index in [0.717, 1.165) is 32.7 Å². The van der Waals surface area contributed by atoms with Crippen LogP contribution in [0.5, 0.6) is 0 Å². The van der Waals surface area contributed by atoms with Gasteiger partial charge in [-0.2, -0.15) is 4.31 Å². The highest BCUT2D eigenvalue weighted by molar-refractivity contribution is 7.89. The van der Waals surface area contributed by atoms with Gasteiger partial charge in [-0.25, -0.2) is 8.42 Å². The molecule has 2 aliphatic heterocycles. The number of hydrogen-bond acceptors (Lipinski definition) is 5. The predicted octanol–water partition coefficient (Wildman–Crippen LogP) is 2.23. The number of carbonyl (C=O) groups is 1. The Bertz CT molecular complexity index is 987. The molecule has 1 amide bonds. The Morgan fingerprint density at radius 2 is 1.65 bits per heavy atom. The normalized spacial score (nSPS) is 21.3. The van der Waals surface area contributed by atoms with Gasteiger partial charge < -0.3 is 10.2 Å². The third-order valence-electron chi connectivity index (χ3n) is 6.08. The highest BCUT2D eigenvalue weighted by atomic mass is 32.2. The lowest BCUT2D eigenvalue weighted by Crippen LogP contribution is -2.43. The molecule has 2 aromatic carbocycles. The first-order chi connectivity index (χ1) is 14.9. The van der Waals surface area contributed by atoms with Gasteiger partial charge in [0.05, 0.1) is 4.90 Å². The smallest absolute Gasteiger partial charge is 0.243 e. The minimum Gasteiger partial charge on any atom is -0.325 e.